The Morgan fingerprint density at radius 2 is 2.31 bits per heavy atom. The number of hydrogen-bond acceptors (Lipinski definition) is 2. The van der Waals surface area contributed by atoms with Crippen LogP contribution in [0.1, 0.15) is 19.8 Å². The number of amides is 1. The van der Waals surface area contributed by atoms with Gasteiger partial charge in [-0.3, -0.25) is 4.79 Å². The summed E-state index contributed by atoms with van der Waals surface area (Å²) in [7, 11) is 0. The van der Waals surface area contributed by atoms with E-state index in [1.165, 1.54) is 0 Å². The van der Waals surface area contributed by atoms with Crippen LogP contribution in [-0.4, -0.2) is 31.0 Å². The van der Waals surface area contributed by atoms with Gasteiger partial charge in [-0.15, -0.1) is 0 Å². The summed E-state index contributed by atoms with van der Waals surface area (Å²) in [6, 6.07) is -0.146. The normalized spacial score (nSPS) is 24.1. The number of hydrogen-bond donors (Lipinski definition) is 2. The predicted octanol–water partition coefficient (Wildman–Crippen LogP) is 0.510. The van der Waals surface area contributed by atoms with Gasteiger partial charge in [0.1, 0.15) is 0 Å². The molecule has 0 radical (unpaired) electrons. The summed E-state index contributed by atoms with van der Waals surface area (Å²) in [5.41, 5.74) is 0. The highest BCUT2D eigenvalue weighted by atomic mass is 19.3. The lowest BCUT2D eigenvalue weighted by molar-refractivity contribution is -0.143. The van der Waals surface area contributed by atoms with E-state index < -0.39 is 11.8 Å². The Hall–Kier alpha value is -0.710. The van der Waals surface area contributed by atoms with Crippen LogP contribution in [0.15, 0.2) is 0 Å². The molecule has 13 heavy (non-hydrogen) atoms. The first-order valence-corrected chi connectivity index (χ1v) is 4.39. The molecule has 0 aromatic heterocycles. The third kappa shape index (κ3) is 3.26. The average molecular weight is 192 g/mol. The molecule has 0 aromatic rings. The highest BCUT2D eigenvalue weighted by Crippen LogP contribution is 2.12. The second kappa shape index (κ2) is 4.00. The molecular weight excluding hydrogens is 178 g/mol. The minimum Gasteiger partial charge on any atom is -0.347 e. The van der Waals surface area contributed by atoms with Gasteiger partial charge in [-0.2, -0.15) is 8.78 Å². The van der Waals surface area contributed by atoms with Crippen LogP contribution in [0.4, 0.5) is 8.78 Å². The van der Waals surface area contributed by atoms with Crippen LogP contribution in [-0.2, 0) is 4.79 Å². The monoisotopic (exact) mass is 192 g/mol. The molecule has 1 aliphatic heterocycles. The van der Waals surface area contributed by atoms with Gasteiger partial charge >= 0.3 is 5.92 Å². The van der Waals surface area contributed by atoms with E-state index in [4.69, 9.17) is 0 Å². The fourth-order valence-electron chi connectivity index (χ4n) is 1.29. The first-order chi connectivity index (χ1) is 6.00. The van der Waals surface area contributed by atoms with Crippen molar-refractivity contribution >= 4 is 5.91 Å². The zero-order valence-corrected chi connectivity index (χ0v) is 7.57. The molecule has 1 heterocycles. The third-order valence-corrected chi connectivity index (χ3v) is 2.03. The Labute approximate surface area is 75.9 Å². The van der Waals surface area contributed by atoms with Gasteiger partial charge in [0.15, 0.2) is 0 Å². The standard InChI is InChI=1S/C8H14F2N2O/c1-8(9,10)7(13)12-6-3-2-4-11-5-6/h6,11H,2-5H2,1H3,(H,12,13)/t6-/m0/s1. The van der Waals surface area contributed by atoms with Gasteiger partial charge in [0.05, 0.1) is 0 Å². The molecule has 0 saturated carbocycles. The van der Waals surface area contributed by atoms with E-state index >= 15 is 0 Å². The molecule has 0 unspecified atom stereocenters. The molecule has 0 aliphatic carbocycles. The maximum absolute atomic E-state index is 12.4. The maximum Gasteiger partial charge on any atom is 0.321 e. The molecule has 2 N–H and O–H groups in total. The van der Waals surface area contributed by atoms with Gasteiger partial charge in [0.25, 0.3) is 5.91 Å². The number of nitrogens with one attached hydrogen (secondary N) is 2. The lowest BCUT2D eigenvalue weighted by Crippen LogP contribution is -2.50. The summed E-state index contributed by atoms with van der Waals surface area (Å²) in [5.74, 6) is -4.45. The Bertz CT molecular complexity index is 185. The number of rotatable bonds is 2. The number of piperidine rings is 1. The average Bonchev–Trinajstić information content (AvgIpc) is 2.04. The van der Waals surface area contributed by atoms with Crippen molar-refractivity contribution in [3.05, 3.63) is 0 Å². The lowest BCUT2D eigenvalue weighted by Gasteiger charge is -2.24. The van der Waals surface area contributed by atoms with Crippen LogP contribution < -0.4 is 10.6 Å². The maximum atomic E-state index is 12.4. The van der Waals surface area contributed by atoms with E-state index in [0.29, 0.717) is 13.5 Å². The third-order valence-electron chi connectivity index (χ3n) is 2.03. The molecule has 1 saturated heterocycles. The van der Waals surface area contributed by atoms with Gasteiger partial charge in [0.2, 0.25) is 0 Å². The predicted molar refractivity (Wildman–Crippen MR) is 44.7 cm³/mol. The largest absolute Gasteiger partial charge is 0.347 e. The molecule has 5 heteroatoms. The van der Waals surface area contributed by atoms with E-state index in [1.54, 1.807) is 0 Å². The summed E-state index contributed by atoms with van der Waals surface area (Å²) >= 11 is 0. The van der Waals surface area contributed by atoms with Crippen LogP contribution in [0.3, 0.4) is 0 Å². The molecule has 0 bridgehead atoms. The van der Waals surface area contributed by atoms with Crippen LogP contribution in [0.2, 0.25) is 0 Å². The SMILES string of the molecule is CC(F)(F)C(=O)N[C@H]1CCCNC1. The van der Waals surface area contributed by atoms with E-state index in [2.05, 4.69) is 10.6 Å². The van der Waals surface area contributed by atoms with E-state index in [9.17, 15) is 13.6 Å². The van der Waals surface area contributed by atoms with Gasteiger partial charge in [-0.05, 0) is 19.4 Å². The molecular formula is C8H14F2N2O. The second-order valence-electron chi connectivity index (χ2n) is 3.41. The van der Waals surface area contributed by atoms with Gasteiger partial charge in [-0.25, -0.2) is 0 Å². The fraction of sp³-hybridized carbons (Fsp3) is 0.875. The van der Waals surface area contributed by atoms with Crippen LogP contribution >= 0.6 is 0 Å². The number of alkyl halides is 2. The van der Waals surface area contributed by atoms with Crippen molar-refractivity contribution in [2.45, 2.75) is 31.7 Å². The number of halogens is 2. The van der Waals surface area contributed by atoms with Crippen LogP contribution in [0, 0.1) is 0 Å². The number of carbonyl (C=O) groups excluding carboxylic acids is 1. The van der Waals surface area contributed by atoms with Gasteiger partial charge < -0.3 is 10.6 Å². The molecule has 3 nitrogen and oxygen atoms in total. The van der Waals surface area contributed by atoms with Crippen LogP contribution in [0.5, 0.6) is 0 Å². The minimum absolute atomic E-state index is 0.146. The Morgan fingerprint density at radius 1 is 1.62 bits per heavy atom. The highest BCUT2D eigenvalue weighted by molar-refractivity contribution is 5.83. The Balaban J connectivity index is 2.35. The Morgan fingerprint density at radius 3 is 2.77 bits per heavy atom. The van der Waals surface area contributed by atoms with E-state index in [0.717, 1.165) is 19.4 Å². The van der Waals surface area contributed by atoms with E-state index in [-0.39, 0.29) is 6.04 Å². The van der Waals surface area contributed by atoms with Crippen molar-refractivity contribution in [1.29, 1.82) is 0 Å². The second-order valence-corrected chi connectivity index (χ2v) is 3.41. The van der Waals surface area contributed by atoms with Crippen molar-refractivity contribution in [1.82, 2.24) is 10.6 Å². The summed E-state index contributed by atoms with van der Waals surface area (Å²) in [6.45, 7) is 2.09. The molecule has 0 spiro atoms. The van der Waals surface area contributed by atoms with Crippen LogP contribution in [0.25, 0.3) is 0 Å². The minimum atomic E-state index is -3.27. The molecule has 1 atom stereocenters. The molecule has 76 valence electrons. The molecule has 1 amide bonds. The first-order valence-electron chi connectivity index (χ1n) is 4.39. The zero-order valence-electron chi connectivity index (χ0n) is 7.57. The fourth-order valence-corrected chi connectivity index (χ4v) is 1.29. The van der Waals surface area contributed by atoms with Gasteiger partial charge in [-0.1, -0.05) is 0 Å². The summed E-state index contributed by atoms with van der Waals surface area (Å²) in [4.78, 5) is 10.8. The van der Waals surface area contributed by atoms with Crippen molar-refractivity contribution in [2.75, 3.05) is 13.1 Å². The van der Waals surface area contributed by atoms with Crippen molar-refractivity contribution in [3.63, 3.8) is 0 Å². The quantitative estimate of drug-likeness (QED) is 0.669. The van der Waals surface area contributed by atoms with E-state index in [1.807, 2.05) is 0 Å². The van der Waals surface area contributed by atoms with Crippen molar-refractivity contribution in [2.24, 2.45) is 0 Å². The molecule has 1 fully saturated rings. The summed E-state index contributed by atoms with van der Waals surface area (Å²) in [5, 5.41) is 5.34. The smallest absolute Gasteiger partial charge is 0.321 e. The summed E-state index contributed by atoms with van der Waals surface area (Å²) in [6.07, 6.45) is 1.69. The molecule has 1 aliphatic rings. The topological polar surface area (TPSA) is 41.1 Å². The van der Waals surface area contributed by atoms with Crippen molar-refractivity contribution in [3.8, 4) is 0 Å². The lowest BCUT2D eigenvalue weighted by atomic mass is 10.1. The summed E-state index contributed by atoms with van der Waals surface area (Å²) < 4.78 is 24.9. The molecule has 1 rings (SSSR count). The number of carbonyl (C=O) groups is 1. The Kier molecular flexibility index (Phi) is 3.19. The van der Waals surface area contributed by atoms with Gasteiger partial charge in [0, 0.05) is 19.5 Å². The highest BCUT2D eigenvalue weighted by Gasteiger charge is 2.33. The molecule has 0 aromatic carbocycles. The first kappa shape index (κ1) is 10.4. The zero-order chi connectivity index (χ0) is 9.90. The van der Waals surface area contributed by atoms with Crippen molar-refractivity contribution < 1.29 is 13.6 Å².